The minimum Gasteiger partial charge on any atom is -0.264 e. The molecular formula is C15H9F3N2S. The van der Waals surface area contributed by atoms with Crippen molar-refractivity contribution < 1.29 is 13.2 Å². The van der Waals surface area contributed by atoms with Gasteiger partial charge in [0.25, 0.3) is 0 Å². The highest BCUT2D eigenvalue weighted by Crippen LogP contribution is 2.35. The first-order valence-corrected chi connectivity index (χ1v) is 6.93. The molecule has 0 aliphatic carbocycles. The summed E-state index contributed by atoms with van der Waals surface area (Å²) in [5, 5.41) is 1.82. The van der Waals surface area contributed by atoms with Crippen molar-refractivity contribution in [2.24, 2.45) is 0 Å². The van der Waals surface area contributed by atoms with Crippen LogP contribution in [-0.4, -0.2) is 9.97 Å². The second-order valence-corrected chi connectivity index (χ2v) is 5.31. The first-order valence-electron chi connectivity index (χ1n) is 6.05. The van der Waals surface area contributed by atoms with Crippen LogP contribution in [0.2, 0.25) is 0 Å². The molecule has 0 aromatic carbocycles. The van der Waals surface area contributed by atoms with Crippen molar-refractivity contribution in [3.05, 3.63) is 60.0 Å². The predicted octanol–water partition coefficient (Wildman–Crippen LogP) is 4.89. The van der Waals surface area contributed by atoms with Crippen molar-refractivity contribution in [3.63, 3.8) is 0 Å². The number of nitrogens with zero attached hydrogens (tertiary/aromatic N) is 2. The lowest BCUT2D eigenvalue weighted by molar-refractivity contribution is -0.137. The first kappa shape index (κ1) is 13.8. The van der Waals surface area contributed by atoms with Gasteiger partial charge in [0.1, 0.15) is 0 Å². The Labute approximate surface area is 122 Å². The average molecular weight is 306 g/mol. The highest BCUT2D eigenvalue weighted by molar-refractivity contribution is 7.14. The second-order valence-electron chi connectivity index (χ2n) is 4.40. The molecule has 0 radical (unpaired) electrons. The van der Waals surface area contributed by atoms with Gasteiger partial charge in [-0.25, -0.2) is 0 Å². The number of rotatable bonds is 2. The molecule has 6 heteroatoms. The summed E-state index contributed by atoms with van der Waals surface area (Å²) in [5.41, 5.74) is 1.37. The summed E-state index contributed by atoms with van der Waals surface area (Å²) in [4.78, 5) is 8.67. The first-order chi connectivity index (χ1) is 10.0. The molecule has 0 aliphatic heterocycles. The molecule has 3 heterocycles. The van der Waals surface area contributed by atoms with E-state index in [1.54, 1.807) is 12.4 Å². The van der Waals surface area contributed by atoms with Crippen molar-refractivity contribution in [2.45, 2.75) is 6.18 Å². The minimum atomic E-state index is -4.38. The Hall–Kier alpha value is -2.21. The number of alkyl halides is 3. The smallest absolute Gasteiger partial charge is 0.264 e. The summed E-state index contributed by atoms with van der Waals surface area (Å²) in [6, 6.07) is 6.69. The van der Waals surface area contributed by atoms with Gasteiger partial charge in [-0.15, -0.1) is 11.3 Å². The SMILES string of the molecule is FC(F)(F)c1cncc(-c2csc(-c3cccnc3)c2)c1. The molecule has 0 spiro atoms. The lowest BCUT2D eigenvalue weighted by atomic mass is 10.1. The molecule has 0 amide bonds. The summed E-state index contributed by atoms with van der Waals surface area (Å²) in [5.74, 6) is 0. The van der Waals surface area contributed by atoms with Crippen LogP contribution in [0, 0.1) is 0 Å². The van der Waals surface area contributed by atoms with Gasteiger partial charge in [0.2, 0.25) is 0 Å². The normalized spacial score (nSPS) is 11.6. The van der Waals surface area contributed by atoms with E-state index >= 15 is 0 Å². The van der Waals surface area contributed by atoms with Gasteiger partial charge in [-0.05, 0) is 29.1 Å². The van der Waals surface area contributed by atoms with E-state index in [-0.39, 0.29) is 0 Å². The second kappa shape index (κ2) is 5.29. The number of hydrogen-bond donors (Lipinski definition) is 0. The number of hydrogen-bond acceptors (Lipinski definition) is 3. The molecule has 0 saturated heterocycles. The Kier molecular flexibility index (Phi) is 3.47. The molecule has 106 valence electrons. The largest absolute Gasteiger partial charge is 0.417 e. The summed E-state index contributed by atoms with van der Waals surface area (Å²) >= 11 is 1.46. The van der Waals surface area contributed by atoms with Crippen molar-refractivity contribution in [3.8, 4) is 21.6 Å². The monoisotopic (exact) mass is 306 g/mol. The van der Waals surface area contributed by atoms with Gasteiger partial charge >= 0.3 is 6.18 Å². The Morgan fingerprint density at radius 3 is 2.43 bits per heavy atom. The van der Waals surface area contributed by atoms with Crippen LogP contribution in [0.15, 0.2) is 54.4 Å². The van der Waals surface area contributed by atoms with Gasteiger partial charge in [0, 0.05) is 40.8 Å². The Balaban J connectivity index is 1.97. The van der Waals surface area contributed by atoms with Crippen LogP contribution in [0.4, 0.5) is 13.2 Å². The number of aromatic nitrogens is 2. The van der Waals surface area contributed by atoms with Crippen LogP contribution in [0.1, 0.15) is 5.56 Å². The zero-order chi connectivity index (χ0) is 14.9. The zero-order valence-corrected chi connectivity index (χ0v) is 11.4. The van der Waals surface area contributed by atoms with E-state index in [4.69, 9.17) is 0 Å². The van der Waals surface area contributed by atoms with Crippen LogP contribution < -0.4 is 0 Å². The molecule has 0 aliphatic rings. The maximum atomic E-state index is 12.7. The maximum absolute atomic E-state index is 12.7. The Bertz CT molecular complexity index is 751. The van der Waals surface area contributed by atoms with Gasteiger partial charge in [-0.3, -0.25) is 9.97 Å². The van der Waals surface area contributed by atoms with E-state index in [0.717, 1.165) is 28.3 Å². The number of pyridine rings is 2. The predicted molar refractivity (Wildman–Crippen MR) is 75.8 cm³/mol. The fourth-order valence-electron chi connectivity index (χ4n) is 1.90. The highest BCUT2D eigenvalue weighted by atomic mass is 32.1. The molecule has 0 N–H and O–H groups in total. The third-order valence-electron chi connectivity index (χ3n) is 2.94. The van der Waals surface area contributed by atoms with Crippen LogP contribution in [0.5, 0.6) is 0 Å². The van der Waals surface area contributed by atoms with Gasteiger partial charge in [-0.1, -0.05) is 6.07 Å². The van der Waals surface area contributed by atoms with E-state index in [2.05, 4.69) is 9.97 Å². The van der Waals surface area contributed by atoms with E-state index in [0.29, 0.717) is 5.56 Å². The quantitative estimate of drug-likeness (QED) is 0.673. The average Bonchev–Trinajstić information content (AvgIpc) is 2.97. The standard InChI is InChI=1S/C15H9F3N2S/c16-15(17,18)13-4-11(7-20-8-13)12-5-14(21-9-12)10-2-1-3-19-6-10/h1-9H. The third-order valence-corrected chi connectivity index (χ3v) is 3.92. The molecule has 0 unspecified atom stereocenters. The molecule has 0 saturated carbocycles. The third kappa shape index (κ3) is 2.95. The Morgan fingerprint density at radius 1 is 0.905 bits per heavy atom. The number of thiophene rings is 1. The minimum absolute atomic E-state index is 0.455. The van der Waals surface area contributed by atoms with Crippen molar-refractivity contribution in [1.82, 2.24) is 9.97 Å². The molecule has 21 heavy (non-hydrogen) atoms. The summed E-state index contributed by atoms with van der Waals surface area (Å²) in [7, 11) is 0. The highest BCUT2D eigenvalue weighted by Gasteiger charge is 2.31. The van der Waals surface area contributed by atoms with E-state index < -0.39 is 11.7 Å². The fourth-order valence-corrected chi connectivity index (χ4v) is 2.81. The van der Waals surface area contributed by atoms with Crippen molar-refractivity contribution in [1.29, 1.82) is 0 Å². The van der Waals surface area contributed by atoms with E-state index in [1.165, 1.54) is 17.5 Å². The molecule has 0 bridgehead atoms. The molecule has 0 fully saturated rings. The van der Waals surface area contributed by atoms with Crippen molar-refractivity contribution >= 4 is 11.3 Å². The van der Waals surface area contributed by atoms with Crippen LogP contribution in [-0.2, 0) is 6.18 Å². The molecular weight excluding hydrogens is 297 g/mol. The van der Waals surface area contributed by atoms with Gasteiger partial charge < -0.3 is 0 Å². The van der Waals surface area contributed by atoms with Crippen LogP contribution >= 0.6 is 11.3 Å². The van der Waals surface area contributed by atoms with Crippen LogP contribution in [0.25, 0.3) is 21.6 Å². The molecule has 3 aromatic rings. The summed E-state index contributed by atoms with van der Waals surface area (Å²) < 4.78 is 38.1. The van der Waals surface area contributed by atoms with Gasteiger partial charge in [-0.2, -0.15) is 13.2 Å². The molecule has 2 nitrogen and oxygen atoms in total. The molecule has 0 atom stereocenters. The Morgan fingerprint density at radius 2 is 1.71 bits per heavy atom. The fraction of sp³-hybridized carbons (Fsp3) is 0.0667. The summed E-state index contributed by atoms with van der Waals surface area (Å²) in [6.07, 6.45) is 1.28. The van der Waals surface area contributed by atoms with E-state index in [9.17, 15) is 13.2 Å². The zero-order valence-electron chi connectivity index (χ0n) is 10.6. The van der Waals surface area contributed by atoms with E-state index in [1.807, 2.05) is 23.6 Å². The summed E-state index contributed by atoms with van der Waals surface area (Å²) in [6.45, 7) is 0. The lowest BCUT2D eigenvalue weighted by Gasteiger charge is -2.07. The topological polar surface area (TPSA) is 25.8 Å². The van der Waals surface area contributed by atoms with Gasteiger partial charge in [0.15, 0.2) is 0 Å². The molecule has 3 rings (SSSR count). The molecule has 3 aromatic heterocycles. The maximum Gasteiger partial charge on any atom is 0.417 e. The number of halogens is 3. The van der Waals surface area contributed by atoms with Crippen molar-refractivity contribution in [2.75, 3.05) is 0 Å². The lowest BCUT2D eigenvalue weighted by Crippen LogP contribution is -2.05. The van der Waals surface area contributed by atoms with Gasteiger partial charge in [0.05, 0.1) is 5.56 Å². The van der Waals surface area contributed by atoms with Crippen LogP contribution in [0.3, 0.4) is 0 Å².